The molecular formula is C10H14FNO2S. The van der Waals surface area contributed by atoms with Crippen LogP contribution in [0.4, 0.5) is 4.39 Å². The molecule has 1 aromatic carbocycles. The maximum absolute atomic E-state index is 12.9. The van der Waals surface area contributed by atoms with E-state index >= 15 is 0 Å². The average Bonchev–Trinajstić information content (AvgIpc) is 2.17. The molecule has 0 aliphatic heterocycles. The van der Waals surface area contributed by atoms with Crippen LogP contribution in [0.1, 0.15) is 12.5 Å². The van der Waals surface area contributed by atoms with Crippen LogP contribution in [-0.2, 0) is 10.0 Å². The first-order chi connectivity index (χ1) is 6.85. The third-order valence-electron chi connectivity index (χ3n) is 2.20. The summed E-state index contributed by atoms with van der Waals surface area (Å²) in [6.07, 6.45) is -1.53. The first kappa shape index (κ1) is 12.1. The second-order valence-corrected chi connectivity index (χ2v) is 5.41. The number of hydrogen-bond donors (Lipinski definition) is 0. The lowest BCUT2D eigenvalue weighted by molar-refractivity contribution is 0.212. The number of hydrogen-bond acceptors (Lipinski definition) is 2. The van der Waals surface area contributed by atoms with Crippen molar-refractivity contribution >= 4 is 10.0 Å². The summed E-state index contributed by atoms with van der Waals surface area (Å²) in [5.41, 5.74) is 0.963. The summed E-state index contributed by atoms with van der Waals surface area (Å²) >= 11 is 0. The lowest BCUT2D eigenvalue weighted by Crippen LogP contribution is -2.32. The molecule has 1 unspecified atom stereocenters. The van der Waals surface area contributed by atoms with Crippen molar-refractivity contribution in [1.82, 2.24) is 4.31 Å². The highest BCUT2D eigenvalue weighted by Gasteiger charge is 2.24. The quantitative estimate of drug-likeness (QED) is 0.745. The lowest BCUT2D eigenvalue weighted by Gasteiger charge is -2.18. The fraction of sp³-hybridized carbons (Fsp3) is 0.400. The largest absolute Gasteiger partial charge is 0.245 e. The van der Waals surface area contributed by atoms with Crippen LogP contribution >= 0.6 is 0 Å². The fourth-order valence-electron chi connectivity index (χ4n) is 1.07. The molecule has 0 aliphatic carbocycles. The highest BCUT2D eigenvalue weighted by molar-refractivity contribution is 7.89. The van der Waals surface area contributed by atoms with Crippen molar-refractivity contribution in [1.29, 1.82) is 0 Å². The number of halogens is 1. The van der Waals surface area contributed by atoms with Crippen LogP contribution in [0.3, 0.4) is 0 Å². The van der Waals surface area contributed by atoms with Crippen molar-refractivity contribution in [3.8, 4) is 0 Å². The Bertz CT molecular complexity index is 425. The van der Waals surface area contributed by atoms with E-state index < -0.39 is 16.3 Å². The summed E-state index contributed by atoms with van der Waals surface area (Å²) in [4.78, 5) is 0.111. The van der Waals surface area contributed by atoms with Gasteiger partial charge in [0, 0.05) is 7.05 Å². The van der Waals surface area contributed by atoms with Crippen LogP contribution in [0.5, 0.6) is 0 Å². The van der Waals surface area contributed by atoms with Crippen molar-refractivity contribution in [3.63, 3.8) is 0 Å². The molecule has 3 nitrogen and oxygen atoms in total. The third kappa shape index (κ3) is 2.54. The van der Waals surface area contributed by atoms with E-state index in [-0.39, 0.29) is 4.90 Å². The molecule has 1 rings (SSSR count). The van der Waals surface area contributed by atoms with Crippen LogP contribution in [0, 0.1) is 6.92 Å². The van der Waals surface area contributed by atoms with E-state index in [0.29, 0.717) is 4.31 Å². The minimum Gasteiger partial charge on any atom is -0.229 e. The Labute approximate surface area is 89.6 Å². The van der Waals surface area contributed by atoms with Crippen LogP contribution in [0.15, 0.2) is 29.2 Å². The molecule has 0 heterocycles. The Morgan fingerprint density at radius 3 is 2.13 bits per heavy atom. The molecule has 1 aromatic rings. The molecule has 1 atom stereocenters. The topological polar surface area (TPSA) is 37.4 Å². The van der Waals surface area contributed by atoms with Gasteiger partial charge in [0.05, 0.1) is 4.90 Å². The molecule has 0 aromatic heterocycles. The Morgan fingerprint density at radius 2 is 1.73 bits per heavy atom. The predicted octanol–water partition coefficient (Wildman–Crippen LogP) is 1.93. The second-order valence-electron chi connectivity index (χ2n) is 3.41. The molecule has 84 valence electrons. The summed E-state index contributed by atoms with van der Waals surface area (Å²) < 4.78 is 37.1. The molecule has 0 spiro atoms. The normalized spacial score (nSPS) is 14.2. The van der Waals surface area contributed by atoms with Crippen molar-refractivity contribution < 1.29 is 12.8 Å². The van der Waals surface area contributed by atoms with Crippen molar-refractivity contribution in [2.45, 2.75) is 25.0 Å². The molecular weight excluding hydrogens is 217 g/mol. The van der Waals surface area contributed by atoms with Gasteiger partial charge in [-0.1, -0.05) is 17.7 Å². The van der Waals surface area contributed by atoms with E-state index in [4.69, 9.17) is 0 Å². The number of benzene rings is 1. The first-order valence-corrected chi connectivity index (χ1v) is 5.98. The fourth-order valence-corrected chi connectivity index (χ4v) is 2.26. The Kier molecular flexibility index (Phi) is 3.46. The predicted molar refractivity (Wildman–Crippen MR) is 56.7 cm³/mol. The van der Waals surface area contributed by atoms with Gasteiger partial charge in [0.25, 0.3) is 0 Å². The smallest absolute Gasteiger partial charge is 0.229 e. The van der Waals surface area contributed by atoms with Gasteiger partial charge in [-0.05, 0) is 26.0 Å². The van der Waals surface area contributed by atoms with Gasteiger partial charge in [0.1, 0.15) is 0 Å². The Morgan fingerprint density at radius 1 is 1.27 bits per heavy atom. The van der Waals surface area contributed by atoms with Crippen LogP contribution < -0.4 is 0 Å². The third-order valence-corrected chi connectivity index (χ3v) is 4.12. The van der Waals surface area contributed by atoms with Crippen molar-refractivity contribution in [3.05, 3.63) is 29.8 Å². The van der Waals surface area contributed by atoms with Gasteiger partial charge in [0.15, 0.2) is 6.30 Å². The van der Waals surface area contributed by atoms with E-state index in [2.05, 4.69) is 0 Å². The number of rotatable bonds is 3. The van der Waals surface area contributed by atoms with Gasteiger partial charge in [0.2, 0.25) is 10.0 Å². The molecule has 0 aliphatic rings. The number of sulfonamides is 1. The number of nitrogens with zero attached hydrogens (tertiary/aromatic N) is 1. The first-order valence-electron chi connectivity index (χ1n) is 4.54. The number of alkyl halides is 1. The molecule has 0 radical (unpaired) electrons. The monoisotopic (exact) mass is 231 g/mol. The zero-order valence-electron chi connectivity index (χ0n) is 8.94. The summed E-state index contributed by atoms with van der Waals surface area (Å²) in [5.74, 6) is 0. The van der Waals surface area contributed by atoms with E-state index in [1.54, 1.807) is 12.1 Å². The van der Waals surface area contributed by atoms with Crippen molar-refractivity contribution in [2.75, 3.05) is 7.05 Å². The summed E-state index contributed by atoms with van der Waals surface area (Å²) in [6.45, 7) is 3.05. The minimum atomic E-state index is -3.70. The highest BCUT2D eigenvalue weighted by atomic mass is 32.2. The summed E-state index contributed by atoms with van der Waals surface area (Å²) in [7, 11) is -2.47. The van der Waals surface area contributed by atoms with Gasteiger partial charge >= 0.3 is 0 Å². The lowest BCUT2D eigenvalue weighted by atomic mass is 10.2. The molecule has 0 amide bonds. The molecule has 0 saturated heterocycles. The summed E-state index contributed by atoms with van der Waals surface area (Å²) in [5, 5.41) is 0. The molecule has 15 heavy (non-hydrogen) atoms. The van der Waals surface area contributed by atoms with Gasteiger partial charge in [-0.2, -0.15) is 4.31 Å². The maximum Gasteiger partial charge on any atom is 0.245 e. The zero-order valence-corrected chi connectivity index (χ0v) is 9.75. The Balaban J connectivity index is 3.12. The van der Waals surface area contributed by atoms with E-state index in [0.717, 1.165) is 5.56 Å². The van der Waals surface area contributed by atoms with Crippen LogP contribution in [0.2, 0.25) is 0 Å². The average molecular weight is 231 g/mol. The molecule has 0 N–H and O–H groups in total. The van der Waals surface area contributed by atoms with Gasteiger partial charge in [-0.25, -0.2) is 12.8 Å². The highest BCUT2D eigenvalue weighted by Crippen LogP contribution is 2.17. The molecule has 0 fully saturated rings. The standard InChI is InChI=1S/C10H14FNO2S/c1-8-4-6-10(7-5-8)15(13,14)12(3)9(2)11/h4-7,9H,1-3H3. The minimum absolute atomic E-state index is 0.111. The SMILES string of the molecule is Cc1ccc(S(=O)(=O)N(C)C(C)F)cc1. The van der Waals surface area contributed by atoms with Crippen LogP contribution in [-0.4, -0.2) is 26.1 Å². The van der Waals surface area contributed by atoms with Gasteiger partial charge in [-0.15, -0.1) is 0 Å². The summed E-state index contributed by atoms with van der Waals surface area (Å²) in [6, 6.07) is 6.32. The van der Waals surface area contributed by atoms with Gasteiger partial charge in [-0.3, -0.25) is 0 Å². The molecule has 5 heteroatoms. The zero-order chi connectivity index (χ0) is 11.6. The van der Waals surface area contributed by atoms with Gasteiger partial charge < -0.3 is 0 Å². The van der Waals surface area contributed by atoms with Crippen LogP contribution in [0.25, 0.3) is 0 Å². The van der Waals surface area contributed by atoms with E-state index in [1.165, 1.54) is 26.1 Å². The van der Waals surface area contributed by atoms with Crippen molar-refractivity contribution in [2.24, 2.45) is 0 Å². The molecule has 0 bridgehead atoms. The second kappa shape index (κ2) is 4.28. The molecule has 0 saturated carbocycles. The van der Waals surface area contributed by atoms with E-state index in [9.17, 15) is 12.8 Å². The number of aryl methyl sites for hydroxylation is 1. The van der Waals surface area contributed by atoms with E-state index in [1.807, 2.05) is 6.92 Å². The maximum atomic E-state index is 12.9. The Hall–Kier alpha value is -0.940.